The van der Waals surface area contributed by atoms with Gasteiger partial charge >= 0.3 is 6.18 Å². The molecule has 3 heterocycles. The summed E-state index contributed by atoms with van der Waals surface area (Å²) in [6.45, 7) is 3.65. The molecule has 0 bridgehead atoms. The molecule has 6 nitrogen and oxygen atoms in total. The van der Waals surface area contributed by atoms with E-state index in [0.29, 0.717) is 18.5 Å². The largest absolute Gasteiger partial charge is 0.408 e. The highest BCUT2D eigenvalue weighted by Crippen LogP contribution is 2.40. The first-order chi connectivity index (χ1) is 12.7. The normalized spacial score (nSPS) is 15.9. The summed E-state index contributed by atoms with van der Waals surface area (Å²) in [5, 5.41) is 6.24. The Labute approximate surface area is 156 Å². The number of amides is 1. The van der Waals surface area contributed by atoms with E-state index in [1.807, 2.05) is 13.0 Å². The highest BCUT2D eigenvalue weighted by Gasteiger charge is 2.49. The number of hydrogen-bond donors (Lipinski definition) is 1. The number of rotatable bonds is 4. The first-order valence-corrected chi connectivity index (χ1v) is 9.18. The summed E-state index contributed by atoms with van der Waals surface area (Å²) in [5.74, 6) is -1.37. The summed E-state index contributed by atoms with van der Waals surface area (Å²) in [6, 6.07) is 1.83. The smallest absolute Gasteiger partial charge is 0.340 e. The lowest BCUT2D eigenvalue weighted by atomic mass is 10.1. The lowest BCUT2D eigenvalue weighted by Crippen LogP contribution is -2.46. The Morgan fingerprint density at radius 1 is 1.33 bits per heavy atom. The number of hydrogen-bond acceptors (Lipinski definition) is 5. The third-order valence-electron chi connectivity index (χ3n) is 4.51. The van der Waals surface area contributed by atoms with Crippen molar-refractivity contribution in [3.63, 3.8) is 0 Å². The molecule has 142 valence electrons. The van der Waals surface area contributed by atoms with Crippen LogP contribution in [0.4, 0.5) is 13.2 Å². The van der Waals surface area contributed by atoms with Gasteiger partial charge in [-0.1, -0.05) is 0 Å². The van der Waals surface area contributed by atoms with E-state index in [2.05, 4.69) is 19.8 Å². The van der Waals surface area contributed by atoms with Crippen molar-refractivity contribution >= 4 is 23.1 Å². The van der Waals surface area contributed by atoms with Gasteiger partial charge in [0.2, 0.25) is 0 Å². The highest BCUT2D eigenvalue weighted by molar-refractivity contribution is 7.09. The minimum Gasteiger partial charge on any atom is -0.340 e. The fourth-order valence-electron chi connectivity index (χ4n) is 3.00. The molecule has 0 spiro atoms. The molecule has 27 heavy (non-hydrogen) atoms. The fourth-order valence-corrected chi connectivity index (χ4v) is 3.72. The maximum atomic E-state index is 13.2. The van der Waals surface area contributed by atoms with E-state index < -0.39 is 24.0 Å². The van der Waals surface area contributed by atoms with Crippen LogP contribution < -0.4 is 5.32 Å². The molecule has 3 aromatic rings. The Morgan fingerprint density at radius 3 is 2.67 bits per heavy atom. The SMILES string of the molecule is Cc1cc(-c2cc(C)n3ncc(C(=O)N[C@@H](C4CC4)C(F)(F)F)c3n2)sn1. The predicted molar refractivity (Wildman–Crippen MR) is 93.6 cm³/mol. The number of nitrogens with zero attached hydrogens (tertiary/aromatic N) is 4. The predicted octanol–water partition coefficient (Wildman–Crippen LogP) is 3.54. The van der Waals surface area contributed by atoms with Crippen molar-refractivity contribution in [2.75, 3.05) is 0 Å². The first-order valence-electron chi connectivity index (χ1n) is 8.40. The average Bonchev–Trinajstić information content (AvgIpc) is 3.17. The van der Waals surface area contributed by atoms with Crippen molar-refractivity contribution in [3.8, 4) is 10.6 Å². The van der Waals surface area contributed by atoms with Crippen LogP contribution >= 0.6 is 11.5 Å². The van der Waals surface area contributed by atoms with Gasteiger partial charge in [-0.05, 0) is 56.3 Å². The molecule has 0 unspecified atom stereocenters. The number of halogens is 3. The number of carbonyl (C=O) groups excluding carboxylic acids is 1. The molecule has 1 N–H and O–H groups in total. The number of aromatic nitrogens is 4. The van der Waals surface area contributed by atoms with Gasteiger partial charge < -0.3 is 5.32 Å². The molecule has 0 aromatic carbocycles. The lowest BCUT2D eigenvalue weighted by molar-refractivity contribution is -0.158. The zero-order valence-electron chi connectivity index (χ0n) is 14.5. The summed E-state index contributed by atoms with van der Waals surface area (Å²) < 4.78 is 45.3. The monoisotopic (exact) mass is 395 g/mol. The molecule has 0 aliphatic heterocycles. The summed E-state index contributed by atoms with van der Waals surface area (Å²) in [4.78, 5) is 17.8. The Bertz CT molecular complexity index is 1020. The summed E-state index contributed by atoms with van der Waals surface area (Å²) in [7, 11) is 0. The van der Waals surface area contributed by atoms with Crippen LogP contribution in [0.5, 0.6) is 0 Å². The second-order valence-electron chi connectivity index (χ2n) is 6.74. The van der Waals surface area contributed by atoms with Crippen molar-refractivity contribution in [2.45, 2.75) is 38.9 Å². The Kier molecular flexibility index (Phi) is 4.17. The van der Waals surface area contributed by atoms with Crippen LogP contribution in [-0.4, -0.2) is 37.1 Å². The van der Waals surface area contributed by atoms with Crippen molar-refractivity contribution in [3.05, 3.63) is 35.3 Å². The Balaban J connectivity index is 1.71. The van der Waals surface area contributed by atoms with Gasteiger partial charge in [-0.15, -0.1) is 0 Å². The van der Waals surface area contributed by atoms with E-state index in [0.717, 1.165) is 16.3 Å². The van der Waals surface area contributed by atoms with Crippen LogP contribution in [-0.2, 0) is 0 Å². The average molecular weight is 395 g/mol. The second kappa shape index (κ2) is 6.29. The zero-order valence-corrected chi connectivity index (χ0v) is 15.4. The van der Waals surface area contributed by atoms with E-state index in [-0.39, 0.29) is 11.2 Å². The molecule has 0 radical (unpaired) electrons. The number of carbonyl (C=O) groups is 1. The van der Waals surface area contributed by atoms with Crippen LogP contribution in [0.25, 0.3) is 16.2 Å². The van der Waals surface area contributed by atoms with Crippen LogP contribution in [0.15, 0.2) is 18.3 Å². The van der Waals surface area contributed by atoms with Crippen LogP contribution in [0.2, 0.25) is 0 Å². The maximum absolute atomic E-state index is 13.2. The van der Waals surface area contributed by atoms with Crippen molar-refractivity contribution in [1.29, 1.82) is 0 Å². The first kappa shape index (κ1) is 17.9. The lowest BCUT2D eigenvalue weighted by Gasteiger charge is -2.20. The van der Waals surface area contributed by atoms with Gasteiger partial charge in [0.15, 0.2) is 5.65 Å². The minimum absolute atomic E-state index is 0.0242. The van der Waals surface area contributed by atoms with Crippen molar-refractivity contribution in [2.24, 2.45) is 5.92 Å². The summed E-state index contributed by atoms with van der Waals surface area (Å²) in [5.41, 5.74) is 2.42. The molecule has 1 atom stereocenters. The van der Waals surface area contributed by atoms with Crippen LogP contribution in [0, 0.1) is 19.8 Å². The van der Waals surface area contributed by atoms with Gasteiger partial charge in [-0.25, -0.2) is 9.50 Å². The quantitative estimate of drug-likeness (QED) is 0.734. The van der Waals surface area contributed by atoms with E-state index in [9.17, 15) is 18.0 Å². The van der Waals surface area contributed by atoms with Crippen LogP contribution in [0.1, 0.15) is 34.6 Å². The van der Waals surface area contributed by atoms with Crippen molar-refractivity contribution < 1.29 is 18.0 Å². The second-order valence-corrected chi connectivity index (χ2v) is 7.54. The van der Waals surface area contributed by atoms with Gasteiger partial charge in [0, 0.05) is 5.69 Å². The van der Waals surface area contributed by atoms with E-state index in [4.69, 9.17) is 0 Å². The zero-order chi connectivity index (χ0) is 19.3. The molecule has 1 saturated carbocycles. The third-order valence-corrected chi connectivity index (χ3v) is 5.41. The van der Waals surface area contributed by atoms with E-state index in [1.54, 1.807) is 13.0 Å². The summed E-state index contributed by atoms with van der Waals surface area (Å²) in [6.07, 6.45) is -2.29. The summed E-state index contributed by atoms with van der Waals surface area (Å²) >= 11 is 1.27. The molecule has 1 aliphatic carbocycles. The van der Waals surface area contributed by atoms with E-state index in [1.165, 1.54) is 22.2 Å². The molecule has 1 amide bonds. The Morgan fingerprint density at radius 2 is 2.07 bits per heavy atom. The molecule has 3 aromatic heterocycles. The number of fused-ring (bicyclic) bond motifs is 1. The number of alkyl halides is 3. The van der Waals surface area contributed by atoms with Crippen molar-refractivity contribution in [1.82, 2.24) is 24.3 Å². The topological polar surface area (TPSA) is 72.2 Å². The standard InChI is InChI=1S/C17H16F3N5OS/c1-8-5-13(27-24-8)12-6-9(2)25-15(22-12)11(7-21-25)16(26)23-14(10-3-4-10)17(18,19)20/h5-7,10,14H,3-4H2,1-2H3,(H,23,26)/t14-/m0/s1. The maximum Gasteiger partial charge on any atom is 0.408 e. The van der Waals surface area contributed by atoms with E-state index >= 15 is 0 Å². The van der Waals surface area contributed by atoms with Gasteiger partial charge in [0.05, 0.1) is 22.5 Å². The number of aryl methyl sites for hydroxylation is 2. The number of nitrogens with one attached hydrogen (secondary N) is 1. The van der Waals surface area contributed by atoms with Gasteiger partial charge in [0.25, 0.3) is 5.91 Å². The van der Waals surface area contributed by atoms with Gasteiger partial charge in [0.1, 0.15) is 11.6 Å². The minimum atomic E-state index is -4.48. The fraction of sp³-hybridized carbons (Fsp3) is 0.412. The molecular formula is C17H16F3N5OS. The molecular weight excluding hydrogens is 379 g/mol. The van der Waals surface area contributed by atoms with Crippen LogP contribution in [0.3, 0.4) is 0 Å². The molecule has 1 fully saturated rings. The molecule has 1 aliphatic rings. The highest BCUT2D eigenvalue weighted by atomic mass is 32.1. The third kappa shape index (κ3) is 3.41. The molecule has 10 heteroatoms. The van der Waals surface area contributed by atoms with Gasteiger partial charge in [-0.2, -0.15) is 22.6 Å². The molecule has 0 saturated heterocycles. The van der Waals surface area contributed by atoms with Gasteiger partial charge in [-0.3, -0.25) is 4.79 Å². The Hall–Kier alpha value is -2.49. The molecule has 4 rings (SSSR count).